The summed E-state index contributed by atoms with van der Waals surface area (Å²) in [5.74, 6) is 1.43. The van der Waals surface area contributed by atoms with Crippen LogP contribution in [0.25, 0.3) is 10.2 Å². The number of thiophene rings is 1. The summed E-state index contributed by atoms with van der Waals surface area (Å²) in [6, 6.07) is 7.07. The highest BCUT2D eigenvalue weighted by Crippen LogP contribution is 2.35. The fourth-order valence-electron chi connectivity index (χ4n) is 3.93. The second kappa shape index (κ2) is 10.1. The number of nitrogen functional groups attached to an aromatic ring is 1. The van der Waals surface area contributed by atoms with Crippen molar-refractivity contribution in [2.75, 3.05) is 50.6 Å². The van der Waals surface area contributed by atoms with Gasteiger partial charge in [-0.3, -0.25) is 4.79 Å². The van der Waals surface area contributed by atoms with Crippen LogP contribution in [0.2, 0.25) is 0 Å². The van der Waals surface area contributed by atoms with Gasteiger partial charge in [0.05, 0.1) is 24.7 Å². The first-order valence-corrected chi connectivity index (χ1v) is 11.8. The first-order chi connectivity index (χ1) is 16.4. The normalized spacial score (nSPS) is 15.9. The predicted molar refractivity (Wildman–Crippen MR) is 130 cm³/mol. The molecule has 0 saturated carbocycles. The smallest absolute Gasteiger partial charge is 0.339 e. The fourth-order valence-corrected chi connectivity index (χ4v) is 4.84. The molecule has 0 radical (unpaired) electrons. The monoisotopic (exact) mass is 485 g/mol. The topological polar surface area (TPSA) is 120 Å². The number of hydrogen-bond donors (Lipinski definition) is 1. The second-order valence-corrected chi connectivity index (χ2v) is 8.66. The molecule has 3 heterocycles. The van der Waals surface area contributed by atoms with Crippen molar-refractivity contribution in [3.63, 3.8) is 0 Å². The Kier molecular flexibility index (Phi) is 7.01. The second-order valence-electron chi connectivity index (χ2n) is 7.81. The molecule has 1 aliphatic heterocycles. The molecule has 34 heavy (non-hydrogen) atoms. The number of anilines is 2. The standard InChI is InChI=1S/C23H27N5O5S/c1-4-32-22(30)17-13-34-21-19(17)20(25-23(24)26-21)28-9-8-27(11-14(28)2)18(29)12-33-16-7-5-6-15(10-16)31-3/h5-7,10,13-14H,4,8-9,11-12H2,1-3H3,(H2,24,25,26). The molecule has 2 N–H and O–H groups in total. The van der Waals surface area contributed by atoms with Crippen molar-refractivity contribution in [1.82, 2.24) is 14.9 Å². The lowest BCUT2D eigenvalue weighted by Gasteiger charge is -2.40. The van der Waals surface area contributed by atoms with E-state index in [2.05, 4.69) is 14.9 Å². The molecule has 10 nitrogen and oxygen atoms in total. The Morgan fingerprint density at radius 1 is 1.24 bits per heavy atom. The average molecular weight is 486 g/mol. The average Bonchev–Trinajstić information content (AvgIpc) is 3.26. The van der Waals surface area contributed by atoms with Crippen molar-refractivity contribution in [2.45, 2.75) is 19.9 Å². The quantitative estimate of drug-likeness (QED) is 0.503. The Hall–Kier alpha value is -3.60. The van der Waals surface area contributed by atoms with Crippen LogP contribution in [-0.4, -0.2) is 72.7 Å². The molecule has 0 aliphatic carbocycles. The Morgan fingerprint density at radius 2 is 2.03 bits per heavy atom. The molecule has 11 heteroatoms. The number of carbonyl (C=O) groups excluding carboxylic acids is 2. The van der Waals surface area contributed by atoms with E-state index in [9.17, 15) is 9.59 Å². The number of fused-ring (bicyclic) bond motifs is 1. The maximum absolute atomic E-state index is 12.8. The molecule has 4 rings (SSSR count). The van der Waals surface area contributed by atoms with Crippen LogP contribution in [0.5, 0.6) is 11.5 Å². The number of nitrogens with zero attached hydrogens (tertiary/aromatic N) is 4. The Morgan fingerprint density at radius 3 is 2.76 bits per heavy atom. The molecule has 1 atom stereocenters. The van der Waals surface area contributed by atoms with Crippen LogP contribution in [0.15, 0.2) is 29.6 Å². The van der Waals surface area contributed by atoms with Crippen LogP contribution in [0, 0.1) is 0 Å². The van der Waals surface area contributed by atoms with Crippen molar-refractivity contribution in [3.8, 4) is 11.5 Å². The van der Waals surface area contributed by atoms with Gasteiger partial charge in [0.1, 0.15) is 22.1 Å². The van der Waals surface area contributed by atoms with E-state index in [1.807, 2.05) is 19.1 Å². The van der Waals surface area contributed by atoms with E-state index >= 15 is 0 Å². The third kappa shape index (κ3) is 4.84. The zero-order valence-electron chi connectivity index (χ0n) is 19.3. The molecule has 180 valence electrons. The SMILES string of the molecule is CCOC(=O)c1csc2nc(N)nc(N3CCN(C(=O)COc4cccc(OC)c4)CC3C)c12. The molecular weight excluding hydrogens is 458 g/mol. The number of nitrogens with two attached hydrogens (primary N) is 1. The summed E-state index contributed by atoms with van der Waals surface area (Å²) in [6.07, 6.45) is 0. The van der Waals surface area contributed by atoms with E-state index in [0.29, 0.717) is 52.7 Å². The predicted octanol–water partition coefficient (Wildman–Crippen LogP) is 2.57. The summed E-state index contributed by atoms with van der Waals surface area (Å²) >= 11 is 1.33. The summed E-state index contributed by atoms with van der Waals surface area (Å²) in [5.41, 5.74) is 6.39. The van der Waals surface area contributed by atoms with Gasteiger partial charge in [-0.25, -0.2) is 9.78 Å². The van der Waals surface area contributed by atoms with E-state index in [1.54, 1.807) is 36.4 Å². The van der Waals surface area contributed by atoms with Gasteiger partial charge in [-0.2, -0.15) is 4.98 Å². The zero-order chi connectivity index (χ0) is 24.2. The van der Waals surface area contributed by atoms with Crippen LogP contribution in [0.3, 0.4) is 0 Å². The molecule has 1 saturated heterocycles. The van der Waals surface area contributed by atoms with E-state index in [-0.39, 0.29) is 31.1 Å². The van der Waals surface area contributed by atoms with Gasteiger partial charge < -0.3 is 29.7 Å². The third-order valence-corrected chi connectivity index (χ3v) is 6.46. The molecular formula is C23H27N5O5S. The van der Waals surface area contributed by atoms with E-state index in [1.165, 1.54) is 11.3 Å². The van der Waals surface area contributed by atoms with Crippen LogP contribution >= 0.6 is 11.3 Å². The van der Waals surface area contributed by atoms with Crippen LogP contribution in [0.1, 0.15) is 24.2 Å². The number of benzene rings is 1. The maximum Gasteiger partial charge on any atom is 0.339 e. The van der Waals surface area contributed by atoms with Crippen LogP contribution in [0.4, 0.5) is 11.8 Å². The number of piperazine rings is 1. The molecule has 2 aromatic heterocycles. The molecule has 1 amide bonds. The molecule has 1 aromatic carbocycles. The summed E-state index contributed by atoms with van der Waals surface area (Å²) < 4.78 is 16.1. The lowest BCUT2D eigenvalue weighted by molar-refractivity contribution is -0.134. The van der Waals surface area contributed by atoms with Crippen molar-refractivity contribution < 1.29 is 23.8 Å². The highest BCUT2D eigenvalue weighted by molar-refractivity contribution is 7.17. The number of ether oxygens (including phenoxy) is 3. The lowest BCUT2D eigenvalue weighted by atomic mass is 10.1. The molecule has 0 spiro atoms. The fraction of sp³-hybridized carbons (Fsp3) is 0.391. The minimum absolute atomic E-state index is 0.0673. The van der Waals surface area contributed by atoms with E-state index in [4.69, 9.17) is 19.9 Å². The van der Waals surface area contributed by atoms with Crippen LogP contribution in [-0.2, 0) is 9.53 Å². The van der Waals surface area contributed by atoms with E-state index < -0.39 is 5.97 Å². The van der Waals surface area contributed by atoms with Crippen LogP contribution < -0.4 is 20.1 Å². The number of methoxy groups -OCH3 is 1. The van der Waals surface area contributed by atoms with Gasteiger partial charge in [-0.05, 0) is 26.0 Å². The highest BCUT2D eigenvalue weighted by Gasteiger charge is 2.31. The van der Waals surface area contributed by atoms with Crippen molar-refractivity contribution in [1.29, 1.82) is 0 Å². The minimum atomic E-state index is -0.417. The number of aromatic nitrogens is 2. The van der Waals surface area contributed by atoms with Gasteiger partial charge in [0.15, 0.2) is 6.61 Å². The number of rotatable bonds is 7. The van der Waals surface area contributed by atoms with Gasteiger partial charge >= 0.3 is 5.97 Å². The Balaban J connectivity index is 1.48. The molecule has 1 unspecified atom stereocenters. The zero-order valence-corrected chi connectivity index (χ0v) is 20.1. The van der Waals surface area contributed by atoms with Crippen molar-refractivity contribution in [2.24, 2.45) is 0 Å². The summed E-state index contributed by atoms with van der Waals surface area (Å²) in [5, 5.41) is 2.35. The van der Waals surface area contributed by atoms with Gasteiger partial charge in [0.2, 0.25) is 5.95 Å². The van der Waals surface area contributed by atoms with Gasteiger partial charge in [-0.15, -0.1) is 11.3 Å². The number of amides is 1. The van der Waals surface area contributed by atoms with Crippen molar-refractivity contribution in [3.05, 3.63) is 35.2 Å². The summed E-state index contributed by atoms with van der Waals surface area (Å²) in [7, 11) is 1.58. The summed E-state index contributed by atoms with van der Waals surface area (Å²) in [6.45, 7) is 5.45. The number of carbonyl (C=O) groups is 2. The molecule has 1 fully saturated rings. The first-order valence-electron chi connectivity index (χ1n) is 10.9. The third-order valence-electron chi connectivity index (χ3n) is 5.58. The molecule has 3 aromatic rings. The van der Waals surface area contributed by atoms with Gasteiger partial charge in [0, 0.05) is 37.1 Å². The number of esters is 1. The van der Waals surface area contributed by atoms with Gasteiger partial charge in [-0.1, -0.05) is 6.07 Å². The highest BCUT2D eigenvalue weighted by atomic mass is 32.1. The van der Waals surface area contributed by atoms with Crippen molar-refractivity contribution >= 4 is 45.2 Å². The summed E-state index contributed by atoms with van der Waals surface area (Å²) in [4.78, 5) is 38.5. The Bertz CT molecular complexity index is 1200. The maximum atomic E-state index is 12.8. The molecule has 0 bridgehead atoms. The van der Waals surface area contributed by atoms with Gasteiger partial charge in [0.25, 0.3) is 5.91 Å². The van der Waals surface area contributed by atoms with E-state index in [0.717, 1.165) is 0 Å². The first kappa shape index (κ1) is 23.6. The minimum Gasteiger partial charge on any atom is -0.497 e. The largest absolute Gasteiger partial charge is 0.497 e. The molecule has 1 aliphatic rings. The number of hydrogen-bond acceptors (Lipinski definition) is 10. The lowest BCUT2D eigenvalue weighted by Crippen LogP contribution is -2.55. The Labute approximate surface area is 201 Å².